The fourth-order valence-electron chi connectivity index (χ4n) is 5.11. The van der Waals surface area contributed by atoms with Crippen LogP contribution in [0.2, 0.25) is 5.02 Å². The number of sulfone groups is 2. The molecule has 5 rings (SSSR count). The maximum absolute atomic E-state index is 15.5. The van der Waals surface area contributed by atoms with E-state index in [1.165, 1.54) is 6.07 Å². The minimum atomic E-state index is -3.87. The molecule has 1 saturated heterocycles. The minimum Gasteiger partial charge on any atom is -0.420 e. The number of nitrogens with zero attached hydrogens (tertiary/aromatic N) is 4. The van der Waals surface area contributed by atoms with Crippen LogP contribution in [0.5, 0.6) is 0 Å². The van der Waals surface area contributed by atoms with Crippen molar-refractivity contribution in [2.75, 3.05) is 48.3 Å². The van der Waals surface area contributed by atoms with E-state index in [0.29, 0.717) is 36.9 Å². The van der Waals surface area contributed by atoms with Crippen LogP contribution in [-0.4, -0.2) is 81.4 Å². The quantitative estimate of drug-likeness (QED) is 0.442. The first-order chi connectivity index (χ1) is 18.7. The van der Waals surface area contributed by atoms with Crippen molar-refractivity contribution in [1.82, 2.24) is 15.1 Å². The molecule has 0 saturated carbocycles. The van der Waals surface area contributed by atoms with Gasteiger partial charge in [0.25, 0.3) is 5.89 Å². The largest absolute Gasteiger partial charge is 0.420 e. The molecule has 1 fully saturated rings. The zero-order chi connectivity index (χ0) is 28.9. The maximum Gasteiger partial charge on any atom is 0.250 e. The van der Waals surface area contributed by atoms with Crippen LogP contribution in [-0.2, 0) is 31.6 Å². The van der Waals surface area contributed by atoms with Gasteiger partial charge in [0.2, 0.25) is 5.89 Å². The lowest BCUT2D eigenvalue weighted by Crippen LogP contribution is -2.45. The van der Waals surface area contributed by atoms with Crippen molar-refractivity contribution in [3.05, 3.63) is 58.7 Å². The fraction of sp³-hybridized carbons (Fsp3) is 0.462. The molecule has 0 unspecified atom stereocenters. The summed E-state index contributed by atoms with van der Waals surface area (Å²) in [5.41, 5.74) is 6.68. The van der Waals surface area contributed by atoms with E-state index in [1.54, 1.807) is 12.1 Å². The van der Waals surface area contributed by atoms with Gasteiger partial charge in [-0.2, -0.15) is 0 Å². The van der Waals surface area contributed by atoms with Crippen LogP contribution < -0.4 is 10.6 Å². The van der Waals surface area contributed by atoms with Gasteiger partial charge in [-0.15, -0.1) is 10.2 Å². The highest BCUT2D eigenvalue weighted by Gasteiger charge is 2.35. The van der Waals surface area contributed by atoms with E-state index in [-0.39, 0.29) is 46.0 Å². The molecule has 2 aliphatic heterocycles. The zero-order valence-corrected chi connectivity index (χ0v) is 24.6. The van der Waals surface area contributed by atoms with Gasteiger partial charge in [-0.25, -0.2) is 21.2 Å². The average molecular weight is 612 g/mol. The molecule has 216 valence electrons. The molecular weight excluding hydrogens is 581 g/mol. The second-order valence-electron chi connectivity index (χ2n) is 11.1. The molecule has 3 aromatic rings. The smallest absolute Gasteiger partial charge is 0.250 e. The number of hydrogen-bond donors (Lipinski definition) is 1. The minimum absolute atomic E-state index is 0.0239. The highest BCUT2D eigenvalue weighted by Crippen LogP contribution is 2.37. The van der Waals surface area contributed by atoms with Crippen LogP contribution in [0.1, 0.15) is 25.3 Å². The van der Waals surface area contributed by atoms with Gasteiger partial charge >= 0.3 is 0 Å². The highest BCUT2D eigenvalue weighted by molar-refractivity contribution is 7.91. The van der Waals surface area contributed by atoms with E-state index in [2.05, 4.69) is 10.2 Å². The van der Waals surface area contributed by atoms with Crippen LogP contribution in [0, 0.1) is 5.82 Å². The standard InChI is InChI=1S/C26H31ClFN5O5S2/c1-26(2,16-32-7-9-39(34,35)10-8-32)25-31-30-24(38-25)20-11-22-23(12-21(20)28)40(36,37)15-19(29)14-33(22)13-17-3-5-18(27)6-4-17/h3-6,11-12,19H,7-10,13-16,29H2,1-2H3/t19-/m1/s1. The lowest BCUT2D eigenvalue weighted by atomic mass is 9.92. The van der Waals surface area contributed by atoms with E-state index < -0.39 is 36.9 Å². The van der Waals surface area contributed by atoms with Crippen LogP contribution in [0.25, 0.3) is 11.5 Å². The summed E-state index contributed by atoms with van der Waals surface area (Å²) in [5, 5.41) is 8.84. The van der Waals surface area contributed by atoms with Crippen LogP contribution in [0.3, 0.4) is 0 Å². The first-order valence-corrected chi connectivity index (χ1v) is 16.7. The number of rotatable bonds is 6. The number of fused-ring (bicyclic) bond motifs is 1. The van der Waals surface area contributed by atoms with Gasteiger partial charge in [-0.05, 0) is 43.7 Å². The van der Waals surface area contributed by atoms with Gasteiger partial charge in [0.05, 0.1) is 38.8 Å². The third-order valence-electron chi connectivity index (χ3n) is 7.19. The summed E-state index contributed by atoms with van der Waals surface area (Å²) >= 11 is 6.02. The summed E-state index contributed by atoms with van der Waals surface area (Å²) in [6, 6.07) is 8.89. The van der Waals surface area contributed by atoms with E-state index in [0.717, 1.165) is 11.6 Å². The van der Waals surface area contributed by atoms with Crippen molar-refractivity contribution in [2.24, 2.45) is 5.73 Å². The highest BCUT2D eigenvalue weighted by atomic mass is 35.5. The van der Waals surface area contributed by atoms with Crippen LogP contribution in [0.15, 0.2) is 45.7 Å². The summed E-state index contributed by atoms with van der Waals surface area (Å²) in [7, 11) is -6.88. The molecule has 0 aliphatic carbocycles. The van der Waals surface area contributed by atoms with Gasteiger partial charge in [0, 0.05) is 43.8 Å². The lowest BCUT2D eigenvalue weighted by Gasteiger charge is -2.32. The average Bonchev–Trinajstić information content (AvgIpc) is 3.34. The van der Waals surface area contributed by atoms with Crippen molar-refractivity contribution >= 4 is 37.0 Å². The third-order valence-corrected chi connectivity index (χ3v) is 10.9. The Bertz CT molecular complexity index is 1610. The monoisotopic (exact) mass is 611 g/mol. The molecule has 3 heterocycles. The molecular formula is C26H31ClFN5O5S2. The molecule has 1 atom stereocenters. The summed E-state index contributed by atoms with van der Waals surface area (Å²) in [6.45, 7) is 5.63. The zero-order valence-electron chi connectivity index (χ0n) is 22.2. The Hall–Kier alpha value is -2.58. The second kappa shape index (κ2) is 10.7. The summed E-state index contributed by atoms with van der Waals surface area (Å²) in [4.78, 5) is 3.69. The third kappa shape index (κ3) is 6.18. The van der Waals surface area contributed by atoms with Gasteiger partial charge in [0.15, 0.2) is 19.7 Å². The Labute approximate surface area is 238 Å². The summed E-state index contributed by atoms with van der Waals surface area (Å²) in [5.74, 6) is -0.750. The SMILES string of the molecule is CC(C)(CN1CCS(=O)(=O)CC1)c1nnc(-c2cc3c(cc2F)S(=O)(=O)C[C@H](N)CN3Cc2ccc(Cl)cc2)o1. The van der Waals surface area contributed by atoms with Gasteiger partial charge in [0.1, 0.15) is 5.82 Å². The summed E-state index contributed by atoms with van der Waals surface area (Å²) < 4.78 is 71.2. The Morgan fingerprint density at radius 3 is 2.45 bits per heavy atom. The molecule has 40 heavy (non-hydrogen) atoms. The number of aromatic nitrogens is 2. The van der Waals surface area contributed by atoms with Crippen LogP contribution in [0.4, 0.5) is 10.1 Å². The van der Waals surface area contributed by atoms with Crippen LogP contribution >= 0.6 is 11.6 Å². The predicted octanol–water partition coefficient (Wildman–Crippen LogP) is 2.66. The van der Waals surface area contributed by atoms with E-state index in [4.69, 9.17) is 21.8 Å². The number of anilines is 1. The molecule has 0 bridgehead atoms. The molecule has 2 N–H and O–H groups in total. The lowest BCUT2D eigenvalue weighted by molar-refractivity contribution is 0.216. The molecule has 2 aromatic carbocycles. The van der Waals surface area contributed by atoms with Crippen molar-refractivity contribution in [3.63, 3.8) is 0 Å². The van der Waals surface area contributed by atoms with Gasteiger partial charge < -0.3 is 20.0 Å². The van der Waals surface area contributed by atoms with Crippen molar-refractivity contribution in [1.29, 1.82) is 0 Å². The fourth-order valence-corrected chi connectivity index (χ4v) is 8.15. The molecule has 2 aliphatic rings. The Morgan fingerprint density at radius 1 is 1.10 bits per heavy atom. The first-order valence-electron chi connectivity index (χ1n) is 12.8. The number of halogens is 2. The molecule has 0 spiro atoms. The second-order valence-corrected chi connectivity index (χ2v) is 15.8. The van der Waals surface area contributed by atoms with Gasteiger partial charge in [-0.3, -0.25) is 0 Å². The molecule has 1 aromatic heterocycles. The molecule has 14 heteroatoms. The van der Waals surface area contributed by atoms with E-state index >= 15 is 4.39 Å². The maximum atomic E-state index is 15.5. The van der Waals surface area contributed by atoms with E-state index in [9.17, 15) is 16.8 Å². The normalized spacial score (nSPS) is 21.1. The van der Waals surface area contributed by atoms with E-state index in [1.807, 2.05) is 35.8 Å². The predicted molar refractivity (Wildman–Crippen MR) is 150 cm³/mol. The summed E-state index contributed by atoms with van der Waals surface area (Å²) in [6.07, 6.45) is 0. The Kier molecular flexibility index (Phi) is 7.72. The Morgan fingerprint density at radius 2 is 1.77 bits per heavy atom. The van der Waals surface area contributed by atoms with Crippen molar-refractivity contribution in [2.45, 2.75) is 36.7 Å². The number of benzene rings is 2. The first kappa shape index (κ1) is 28.9. The topological polar surface area (TPSA) is 140 Å². The molecule has 0 amide bonds. The Balaban J connectivity index is 1.48. The van der Waals surface area contributed by atoms with Crippen molar-refractivity contribution < 1.29 is 25.6 Å². The number of hydrogen-bond acceptors (Lipinski definition) is 10. The number of nitrogens with two attached hydrogens (primary N) is 1. The molecule has 0 radical (unpaired) electrons. The molecule has 10 nitrogen and oxygen atoms in total. The van der Waals surface area contributed by atoms with Gasteiger partial charge in [-0.1, -0.05) is 23.7 Å². The van der Waals surface area contributed by atoms with Crippen molar-refractivity contribution in [3.8, 4) is 11.5 Å².